The zero-order chi connectivity index (χ0) is 18.4. The Bertz CT molecular complexity index is 932. The molecule has 0 saturated heterocycles. The molecule has 130 valence electrons. The van der Waals surface area contributed by atoms with E-state index in [-0.39, 0.29) is 17.5 Å². The highest BCUT2D eigenvalue weighted by Gasteiger charge is 2.03. The highest BCUT2D eigenvalue weighted by atomic mass is 32.2. The van der Waals surface area contributed by atoms with Crippen LogP contribution in [-0.4, -0.2) is 5.71 Å². The lowest BCUT2D eigenvalue weighted by molar-refractivity contribution is 0.626. The fraction of sp³-hybridized carbons (Fsp3) is 0. The second-order valence-electron chi connectivity index (χ2n) is 5.36. The predicted octanol–water partition coefficient (Wildman–Crippen LogP) is 6.53. The van der Waals surface area contributed by atoms with Gasteiger partial charge in [0.15, 0.2) is 0 Å². The summed E-state index contributed by atoms with van der Waals surface area (Å²) >= 11 is 1.39. The number of nitrogens with zero attached hydrogens (tertiary/aromatic N) is 1. The van der Waals surface area contributed by atoms with Gasteiger partial charge in [-0.25, -0.2) is 18.2 Å². The molecular formula is C21H14F3NS. The summed E-state index contributed by atoms with van der Waals surface area (Å²) in [5.41, 5.74) is 1.69. The van der Waals surface area contributed by atoms with E-state index < -0.39 is 0 Å². The summed E-state index contributed by atoms with van der Waals surface area (Å²) in [5, 5.41) is 1.79. The third kappa shape index (κ3) is 5.10. The number of benzene rings is 3. The lowest BCUT2D eigenvalue weighted by atomic mass is 10.1. The van der Waals surface area contributed by atoms with Gasteiger partial charge in [0.25, 0.3) is 0 Å². The number of hydrogen-bond acceptors (Lipinski definition) is 2. The molecule has 0 aliphatic heterocycles. The summed E-state index contributed by atoms with van der Waals surface area (Å²) in [6, 6.07) is 17.9. The van der Waals surface area contributed by atoms with Gasteiger partial charge in [0, 0.05) is 10.5 Å². The number of rotatable bonds is 5. The fourth-order valence-corrected chi connectivity index (χ4v) is 2.84. The first-order valence-corrected chi connectivity index (χ1v) is 8.67. The summed E-state index contributed by atoms with van der Waals surface area (Å²) in [4.78, 5) is 5.34. The molecular weight excluding hydrogens is 355 g/mol. The first-order chi connectivity index (χ1) is 12.6. The van der Waals surface area contributed by atoms with Crippen LogP contribution < -0.4 is 0 Å². The van der Waals surface area contributed by atoms with E-state index in [1.807, 2.05) is 0 Å². The first kappa shape index (κ1) is 18.0. The molecule has 0 amide bonds. The van der Waals surface area contributed by atoms with Crippen molar-refractivity contribution in [3.05, 3.63) is 107 Å². The van der Waals surface area contributed by atoms with Gasteiger partial charge in [-0.05, 0) is 72.1 Å². The van der Waals surface area contributed by atoms with E-state index in [0.29, 0.717) is 17.0 Å². The van der Waals surface area contributed by atoms with E-state index in [9.17, 15) is 13.2 Å². The average Bonchev–Trinajstić information content (AvgIpc) is 2.64. The summed E-state index contributed by atoms with van der Waals surface area (Å²) in [6.45, 7) is 0. The van der Waals surface area contributed by atoms with Gasteiger partial charge in [0.1, 0.15) is 17.5 Å². The van der Waals surface area contributed by atoms with Crippen molar-refractivity contribution in [2.45, 2.75) is 4.90 Å². The van der Waals surface area contributed by atoms with Crippen molar-refractivity contribution in [1.29, 1.82) is 0 Å². The van der Waals surface area contributed by atoms with Crippen LogP contribution in [0.25, 0.3) is 0 Å². The minimum absolute atomic E-state index is 0.295. The molecule has 0 unspecified atom stereocenters. The molecule has 0 aliphatic carbocycles. The van der Waals surface area contributed by atoms with E-state index in [1.165, 1.54) is 48.2 Å². The van der Waals surface area contributed by atoms with Crippen molar-refractivity contribution in [2.75, 3.05) is 0 Å². The van der Waals surface area contributed by atoms with Crippen molar-refractivity contribution in [2.24, 2.45) is 4.99 Å². The number of hydrogen-bond donors (Lipinski definition) is 0. The summed E-state index contributed by atoms with van der Waals surface area (Å²) in [5.74, 6) is -1.01. The van der Waals surface area contributed by atoms with Crippen molar-refractivity contribution in [1.82, 2.24) is 0 Å². The second-order valence-corrected chi connectivity index (χ2v) is 6.34. The first-order valence-electron chi connectivity index (χ1n) is 7.79. The van der Waals surface area contributed by atoms with Crippen LogP contribution in [0, 0.1) is 17.5 Å². The summed E-state index contributed by atoms with van der Waals surface area (Å²) < 4.78 is 39.6. The number of halogens is 3. The monoisotopic (exact) mass is 369 g/mol. The molecule has 0 spiro atoms. The number of thioether (sulfide) groups is 1. The molecule has 0 aliphatic rings. The van der Waals surface area contributed by atoms with Crippen LogP contribution in [-0.2, 0) is 0 Å². The van der Waals surface area contributed by atoms with Gasteiger partial charge in [-0.2, -0.15) is 0 Å². The quantitative estimate of drug-likeness (QED) is 0.368. The van der Waals surface area contributed by atoms with Crippen LogP contribution in [0.1, 0.15) is 5.56 Å². The van der Waals surface area contributed by atoms with E-state index in [1.54, 1.807) is 47.9 Å². The van der Waals surface area contributed by atoms with Gasteiger partial charge in [-0.15, -0.1) is 0 Å². The fourth-order valence-electron chi connectivity index (χ4n) is 2.19. The lowest BCUT2D eigenvalue weighted by Crippen LogP contribution is -1.97. The molecule has 3 rings (SSSR count). The Labute approximate surface area is 153 Å². The van der Waals surface area contributed by atoms with Gasteiger partial charge in [0.2, 0.25) is 0 Å². The maximum Gasteiger partial charge on any atom is 0.123 e. The van der Waals surface area contributed by atoms with Crippen molar-refractivity contribution >= 4 is 23.2 Å². The van der Waals surface area contributed by atoms with E-state index in [0.717, 1.165) is 4.90 Å². The molecule has 0 radical (unpaired) electrons. The van der Waals surface area contributed by atoms with Crippen molar-refractivity contribution in [3.8, 4) is 0 Å². The smallest absolute Gasteiger partial charge is 0.123 e. The molecule has 3 aromatic carbocycles. The Morgan fingerprint density at radius 1 is 0.769 bits per heavy atom. The van der Waals surface area contributed by atoms with Crippen LogP contribution in [0.15, 0.2) is 94.2 Å². The largest absolute Gasteiger partial charge is 0.248 e. The van der Waals surface area contributed by atoms with Gasteiger partial charge in [0.05, 0.1) is 11.4 Å². The average molecular weight is 369 g/mol. The Kier molecular flexibility index (Phi) is 5.92. The zero-order valence-electron chi connectivity index (χ0n) is 13.6. The highest BCUT2D eigenvalue weighted by molar-refractivity contribution is 8.02. The lowest BCUT2D eigenvalue weighted by Gasteiger charge is -2.03. The van der Waals surface area contributed by atoms with Gasteiger partial charge >= 0.3 is 0 Å². The third-order valence-corrected chi connectivity index (χ3v) is 4.26. The van der Waals surface area contributed by atoms with E-state index >= 15 is 0 Å². The Morgan fingerprint density at radius 3 is 2.08 bits per heavy atom. The Balaban J connectivity index is 1.88. The molecule has 3 aromatic rings. The zero-order valence-corrected chi connectivity index (χ0v) is 14.4. The summed E-state index contributed by atoms with van der Waals surface area (Å²) in [6.07, 6.45) is 1.74. The molecule has 26 heavy (non-hydrogen) atoms. The molecule has 0 saturated carbocycles. The SMILES string of the molecule is Fc1ccc(N=C(/C=C/Sc2ccc(F)cc2)c2cccc(F)c2)cc1. The van der Waals surface area contributed by atoms with Gasteiger partial charge in [-0.3, -0.25) is 0 Å². The molecule has 5 heteroatoms. The van der Waals surface area contributed by atoms with Crippen molar-refractivity contribution < 1.29 is 13.2 Å². The van der Waals surface area contributed by atoms with Gasteiger partial charge in [-0.1, -0.05) is 23.9 Å². The molecule has 0 heterocycles. The second kappa shape index (κ2) is 8.54. The molecule has 1 nitrogen and oxygen atoms in total. The Morgan fingerprint density at radius 2 is 1.42 bits per heavy atom. The van der Waals surface area contributed by atoms with Crippen LogP contribution >= 0.6 is 11.8 Å². The summed E-state index contributed by atoms with van der Waals surface area (Å²) in [7, 11) is 0. The molecule has 0 N–H and O–H groups in total. The predicted molar refractivity (Wildman–Crippen MR) is 100 cm³/mol. The van der Waals surface area contributed by atoms with Crippen LogP contribution in [0.3, 0.4) is 0 Å². The Hall–Kier alpha value is -2.79. The third-order valence-electron chi connectivity index (χ3n) is 3.44. The standard InChI is InChI=1S/C21H14F3NS/c22-16-4-8-19(9-5-16)25-21(15-2-1-3-18(24)14-15)12-13-26-20-10-6-17(23)7-11-20/h1-14H/b13-12+,25-21?. The molecule has 0 atom stereocenters. The van der Waals surface area contributed by atoms with Crippen LogP contribution in [0.2, 0.25) is 0 Å². The number of aliphatic imine (C=N–C) groups is 1. The van der Waals surface area contributed by atoms with Crippen molar-refractivity contribution in [3.63, 3.8) is 0 Å². The van der Waals surface area contributed by atoms with Crippen LogP contribution in [0.5, 0.6) is 0 Å². The normalized spacial score (nSPS) is 11.9. The van der Waals surface area contributed by atoms with Gasteiger partial charge < -0.3 is 0 Å². The van der Waals surface area contributed by atoms with E-state index in [4.69, 9.17) is 0 Å². The molecule has 0 bridgehead atoms. The molecule has 0 fully saturated rings. The minimum Gasteiger partial charge on any atom is -0.248 e. The highest BCUT2D eigenvalue weighted by Crippen LogP contribution is 2.21. The minimum atomic E-state index is -0.367. The maximum atomic E-state index is 13.6. The van der Waals surface area contributed by atoms with E-state index in [2.05, 4.69) is 4.99 Å². The molecule has 0 aromatic heterocycles. The topological polar surface area (TPSA) is 12.4 Å². The van der Waals surface area contributed by atoms with Crippen LogP contribution in [0.4, 0.5) is 18.9 Å². The number of allylic oxidation sites excluding steroid dienone is 1. The maximum absolute atomic E-state index is 13.6.